The van der Waals surface area contributed by atoms with E-state index in [-0.39, 0.29) is 6.04 Å². The van der Waals surface area contributed by atoms with Crippen molar-refractivity contribution in [1.29, 1.82) is 0 Å². The van der Waals surface area contributed by atoms with Crippen LogP contribution in [0.3, 0.4) is 0 Å². The van der Waals surface area contributed by atoms with Crippen molar-refractivity contribution in [2.24, 2.45) is 4.99 Å². The maximum atomic E-state index is 5.64. The Bertz CT molecular complexity index is 764. The molecule has 0 bridgehead atoms. The minimum Gasteiger partial charge on any atom is -0.497 e. The number of hydrogen-bond donors (Lipinski definition) is 2. The van der Waals surface area contributed by atoms with Crippen LogP contribution in [0.4, 0.5) is 0 Å². The summed E-state index contributed by atoms with van der Waals surface area (Å²) in [7, 11) is 1.70. The zero-order valence-electron chi connectivity index (χ0n) is 18.6. The molecule has 7 nitrogen and oxygen atoms in total. The van der Waals surface area contributed by atoms with Gasteiger partial charge in [-0.2, -0.15) is 0 Å². The molecular weight excluding hydrogens is 366 g/mol. The Balaban J connectivity index is 2.15. The molecule has 29 heavy (non-hydrogen) atoms. The second kappa shape index (κ2) is 11.5. The van der Waals surface area contributed by atoms with E-state index < -0.39 is 0 Å². The number of methoxy groups -OCH3 is 1. The summed E-state index contributed by atoms with van der Waals surface area (Å²) in [6, 6.07) is 8.47. The lowest BCUT2D eigenvalue weighted by molar-refractivity contribution is 0.218. The molecule has 0 aliphatic heterocycles. The van der Waals surface area contributed by atoms with Crippen molar-refractivity contribution in [3.05, 3.63) is 47.2 Å². The maximum Gasteiger partial charge on any atom is 0.216 e. The standard InChI is InChI=1S/C22H35N5O2/c1-7-23-22(25-15-21-26-16(4)17(5)29-21)24-14-20(27(8-2)9-3)18-11-10-12-19(13-18)28-6/h10-13,20H,7-9,14-15H2,1-6H3,(H2,23,24,25). The van der Waals surface area contributed by atoms with Crippen molar-refractivity contribution >= 4 is 5.96 Å². The Morgan fingerprint density at radius 1 is 1.21 bits per heavy atom. The van der Waals surface area contributed by atoms with Gasteiger partial charge in [0.15, 0.2) is 5.96 Å². The van der Waals surface area contributed by atoms with Gasteiger partial charge in [0.05, 0.1) is 18.8 Å². The monoisotopic (exact) mass is 401 g/mol. The highest BCUT2D eigenvalue weighted by molar-refractivity contribution is 5.79. The van der Waals surface area contributed by atoms with Gasteiger partial charge in [0, 0.05) is 13.1 Å². The van der Waals surface area contributed by atoms with Gasteiger partial charge in [0.1, 0.15) is 18.1 Å². The van der Waals surface area contributed by atoms with E-state index in [9.17, 15) is 0 Å². The molecule has 1 unspecified atom stereocenters. The van der Waals surface area contributed by atoms with E-state index in [4.69, 9.17) is 9.15 Å². The van der Waals surface area contributed by atoms with E-state index >= 15 is 0 Å². The number of guanidine groups is 1. The molecule has 0 radical (unpaired) electrons. The molecule has 0 aliphatic rings. The largest absolute Gasteiger partial charge is 0.497 e. The van der Waals surface area contributed by atoms with Gasteiger partial charge in [-0.15, -0.1) is 0 Å². The van der Waals surface area contributed by atoms with Crippen molar-refractivity contribution in [3.8, 4) is 5.75 Å². The van der Waals surface area contributed by atoms with Crippen LogP contribution in [-0.2, 0) is 6.54 Å². The number of aryl methyl sites for hydroxylation is 2. The summed E-state index contributed by atoms with van der Waals surface area (Å²) in [4.78, 5) is 11.5. The maximum absolute atomic E-state index is 5.64. The SMILES string of the molecule is CCNC(=NCc1nc(C)c(C)o1)NCC(c1cccc(OC)c1)N(CC)CC. The number of ether oxygens (including phenoxy) is 1. The fraction of sp³-hybridized carbons (Fsp3) is 0.545. The normalized spacial score (nSPS) is 12.9. The molecule has 2 aromatic rings. The van der Waals surface area contributed by atoms with E-state index in [1.54, 1.807) is 7.11 Å². The first-order chi connectivity index (χ1) is 14.0. The molecule has 7 heteroatoms. The Morgan fingerprint density at radius 2 is 1.97 bits per heavy atom. The number of aromatic nitrogens is 1. The van der Waals surface area contributed by atoms with E-state index in [2.05, 4.69) is 58.4 Å². The second-order valence-corrected chi connectivity index (χ2v) is 6.84. The molecule has 0 aliphatic carbocycles. The number of likely N-dealkylation sites (N-methyl/N-ethyl adjacent to an activating group) is 1. The number of oxazole rings is 1. The summed E-state index contributed by atoms with van der Waals surface area (Å²) >= 11 is 0. The Hall–Kier alpha value is -2.54. The quantitative estimate of drug-likeness (QED) is 0.469. The fourth-order valence-electron chi connectivity index (χ4n) is 3.26. The van der Waals surface area contributed by atoms with Crippen LogP contribution in [0.2, 0.25) is 0 Å². The Labute approximate surface area is 174 Å². The first-order valence-corrected chi connectivity index (χ1v) is 10.3. The molecular formula is C22H35N5O2. The van der Waals surface area contributed by atoms with E-state index in [0.717, 1.165) is 49.3 Å². The number of nitrogens with one attached hydrogen (secondary N) is 2. The van der Waals surface area contributed by atoms with Crippen LogP contribution in [0.1, 0.15) is 49.7 Å². The number of hydrogen-bond acceptors (Lipinski definition) is 5. The van der Waals surface area contributed by atoms with Crippen molar-refractivity contribution in [3.63, 3.8) is 0 Å². The number of aliphatic imine (C=N–C) groups is 1. The van der Waals surface area contributed by atoms with Gasteiger partial charge in [-0.3, -0.25) is 4.90 Å². The zero-order chi connectivity index (χ0) is 21.2. The van der Waals surface area contributed by atoms with Crippen LogP contribution in [0.5, 0.6) is 5.75 Å². The topological polar surface area (TPSA) is 74.9 Å². The Morgan fingerprint density at radius 3 is 2.55 bits per heavy atom. The molecule has 0 spiro atoms. The van der Waals surface area contributed by atoms with Crippen molar-refractivity contribution in [1.82, 2.24) is 20.5 Å². The molecule has 0 saturated carbocycles. The lowest BCUT2D eigenvalue weighted by Crippen LogP contribution is -2.43. The predicted octanol–water partition coefficient (Wildman–Crippen LogP) is 3.44. The molecule has 0 fully saturated rings. The van der Waals surface area contributed by atoms with E-state index in [1.165, 1.54) is 5.56 Å². The van der Waals surface area contributed by atoms with Crippen LogP contribution >= 0.6 is 0 Å². The highest BCUT2D eigenvalue weighted by Crippen LogP contribution is 2.23. The predicted molar refractivity (Wildman–Crippen MR) is 117 cm³/mol. The van der Waals surface area contributed by atoms with Gasteiger partial charge in [-0.25, -0.2) is 9.98 Å². The summed E-state index contributed by atoms with van der Waals surface area (Å²) in [5, 5.41) is 6.79. The summed E-state index contributed by atoms with van der Waals surface area (Å²) in [6.07, 6.45) is 0. The molecule has 0 saturated heterocycles. The van der Waals surface area contributed by atoms with Crippen LogP contribution < -0.4 is 15.4 Å². The minimum atomic E-state index is 0.204. The van der Waals surface area contributed by atoms with E-state index in [0.29, 0.717) is 12.4 Å². The summed E-state index contributed by atoms with van der Waals surface area (Å²) in [5.74, 6) is 3.09. The molecule has 1 aromatic heterocycles. The van der Waals surface area contributed by atoms with E-state index in [1.807, 2.05) is 26.0 Å². The average molecular weight is 402 g/mol. The lowest BCUT2D eigenvalue weighted by Gasteiger charge is -2.31. The number of nitrogens with zero attached hydrogens (tertiary/aromatic N) is 3. The van der Waals surface area contributed by atoms with Crippen LogP contribution in [0.25, 0.3) is 0 Å². The molecule has 2 rings (SSSR count). The molecule has 1 heterocycles. The van der Waals surface area contributed by atoms with Crippen LogP contribution in [0.15, 0.2) is 33.7 Å². The summed E-state index contributed by atoms with van der Waals surface area (Å²) in [6.45, 7) is 14.1. The summed E-state index contributed by atoms with van der Waals surface area (Å²) in [5.41, 5.74) is 2.13. The smallest absolute Gasteiger partial charge is 0.216 e. The molecule has 0 amide bonds. The van der Waals surface area contributed by atoms with Crippen molar-refractivity contribution in [2.45, 2.75) is 47.2 Å². The van der Waals surface area contributed by atoms with Gasteiger partial charge in [0.2, 0.25) is 5.89 Å². The van der Waals surface area contributed by atoms with Gasteiger partial charge in [-0.1, -0.05) is 26.0 Å². The third kappa shape index (κ3) is 6.49. The highest BCUT2D eigenvalue weighted by atomic mass is 16.5. The minimum absolute atomic E-state index is 0.204. The van der Waals surface area contributed by atoms with Gasteiger partial charge >= 0.3 is 0 Å². The molecule has 1 atom stereocenters. The fourth-order valence-corrected chi connectivity index (χ4v) is 3.26. The lowest BCUT2D eigenvalue weighted by atomic mass is 10.0. The first-order valence-electron chi connectivity index (χ1n) is 10.3. The van der Waals surface area contributed by atoms with Gasteiger partial charge in [0.25, 0.3) is 0 Å². The summed E-state index contributed by atoms with van der Waals surface area (Å²) < 4.78 is 11.1. The van der Waals surface area contributed by atoms with Gasteiger partial charge in [-0.05, 0) is 51.6 Å². The third-order valence-electron chi connectivity index (χ3n) is 4.98. The van der Waals surface area contributed by atoms with Crippen LogP contribution in [0, 0.1) is 13.8 Å². The van der Waals surface area contributed by atoms with Crippen molar-refractivity contribution in [2.75, 3.05) is 33.3 Å². The number of rotatable bonds is 10. The average Bonchev–Trinajstić information content (AvgIpc) is 3.06. The number of benzene rings is 1. The Kier molecular flexibility index (Phi) is 8.99. The molecule has 2 N–H and O–H groups in total. The van der Waals surface area contributed by atoms with Gasteiger partial charge < -0.3 is 19.8 Å². The van der Waals surface area contributed by atoms with Crippen molar-refractivity contribution < 1.29 is 9.15 Å². The highest BCUT2D eigenvalue weighted by Gasteiger charge is 2.19. The second-order valence-electron chi connectivity index (χ2n) is 6.84. The molecule has 1 aromatic carbocycles. The van der Waals surface area contributed by atoms with Crippen LogP contribution in [-0.4, -0.2) is 49.1 Å². The first kappa shape index (κ1) is 22.7. The zero-order valence-corrected chi connectivity index (χ0v) is 18.6. The third-order valence-corrected chi connectivity index (χ3v) is 4.98. The molecule has 160 valence electrons.